The summed E-state index contributed by atoms with van der Waals surface area (Å²) >= 11 is 0. The molecule has 1 aromatic heterocycles. The van der Waals surface area contributed by atoms with E-state index in [1.165, 1.54) is 0 Å². The molecule has 1 amide bonds. The van der Waals surface area contributed by atoms with Crippen molar-refractivity contribution in [3.8, 4) is 0 Å². The van der Waals surface area contributed by atoms with E-state index in [-0.39, 0.29) is 43.0 Å². The van der Waals surface area contributed by atoms with Gasteiger partial charge in [0, 0.05) is 18.3 Å². The molecule has 0 saturated heterocycles. The first-order chi connectivity index (χ1) is 11.7. The number of nitrogens with zero attached hydrogens (tertiary/aromatic N) is 2. The van der Waals surface area contributed by atoms with Crippen molar-refractivity contribution in [2.24, 2.45) is 5.73 Å². The van der Waals surface area contributed by atoms with E-state index in [1.54, 1.807) is 10.6 Å². The van der Waals surface area contributed by atoms with Gasteiger partial charge < -0.3 is 15.6 Å². The first-order valence-corrected chi connectivity index (χ1v) is 10.4. The highest BCUT2D eigenvalue weighted by Crippen LogP contribution is 2.17. The predicted octanol–water partition coefficient (Wildman–Crippen LogP) is 2.06. The lowest BCUT2D eigenvalue weighted by molar-refractivity contribution is -0.121. The number of amides is 1. The molecule has 2 aromatic rings. The Morgan fingerprint density at radius 1 is 1.22 bits per heavy atom. The number of aromatic nitrogens is 2. The van der Waals surface area contributed by atoms with Crippen LogP contribution in [0.15, 0.2) is 24.3 Å². The Morgan fingerprint density at radius 2 is 1.81 bits per heavy atom. The number of benzene rings is 1. The molecule has 0 aliphatic rings. The zero-order valence-electron chi connectivity index (χ0n) is 15.8. The van der Waals surface area contributed by atoms with Gasteiger partial charge in [-0.1, -0.05) is 26.0 Å². The maximum absolute atomic E-state index is 12.4. The fourth-order valence-electron chi connectivity index (χ4n) is 2.62. The Hall–Kier alpha value is -1.35. The van der Waals surface area contributed by atoms with Gasteiger partial charge >= 0.3 is 0 Å². The number of imidazole rings is 1. The highest BCUT2D eigenvalue weighted by molar-refractivity contribution is 7.89. The first-order valence-electron chi connectivity index (χ1n) is 8.35. The second-order valence-electron chi connectivity index (χ2n) is 6.52. The highest BCUT2D eigenvalue weighted by atomic mass is 35.5. The second kappa shape index (κ2) is 10.3. The minimum Gasteiger partial charge on any atom is -0.353 e. The average Bonchev–Trinajstić information content (AvgIpc) is 2.88. The molecule has 0 aliphatic carbocycles. The molecule has 0 bridgehead atoms. The Labute approximate surface area is 172 Å². The van der Waals surface area contributed by atoms with Gasteiger partial charge in [0.15, 0.2) is 9.84 Å². The van der Waals surface area contributed by atoms with Crippen LogP contribution in [-0.2, 0) is 26.9 Å². The number of nitrogens with one attached hydrogen (secondary N) is 1. The van der Waals surface area contributed by atoms with E-state index in [0.717, 1.165) is 24.6 Å². The molecule has 0 saturated carbocycles. The number of carbonyl (C=O) groups excluding carboxylic acids is 1. The number of para-hydroxylation sites is 2. The molecule has 0 unspecified atom stereocenters. The van der Waals surface area contributed by atoms with Crippen molar-refractivity contribution in [2.45, 2.75) is 44.5 Å². The summed E-state index contributed by atoms with van der Waals surface area (Å²) in [5.41, 5.74) is 7.19. The van der Waals surface area contributed by atoms with Crippen molar-refractivity contribution < 1.29 is 13.2 Å². The molecule has 1 heterocycles. The summed E-state index contributed by atoms with van der Waals surface area (Å²) in [7, 11) is -3.26. The van der Waals surface area contributed by atoms with Gasteiger partial charge in [0.05, 0.1) is 11.0 Å². The number of carbonyl (C=O) groups is 1. The van der Waals surface area contributed by atoms with E-state index in [0.29, 0.717) is 17.9 Å². The largest absolute Gasteiger partial charge is 0.353 e. The number of fused-ring (bicyclic) bond motifs is 1. The molecule has 27 heavy (non-hydrogen) atoms. The standard InChI is InChI=1S/C17H26N4O3S.2ClH/c1-4-17(18,5-2)12-19-16(22)10-21-14-9-7-6-8-13(14)20-15(21)11-25(3,23)24;;/h6-9H,4-5,10-12,18H2,1-3H3,(H,19,22);2*1H. The SMILES string of the molecule is CCC(N)(CC)CNC(=O)Cn1c(CS(C)(=O)=O)nc2ccccc21.Cl.Cl. The topological polar surface area (TPSA) is 107 Å². The summed E-state index contributed by atoms with van der Waals surface area (Å²) in [4.78, 5) is 16.8. The quantitative estimate of drug-likeness (QED) is 0.655. The monoisotopic (exact) mass is 438 g/mol. The molecule has 10 heteroatoms. The van der Waals surface area contributed by atoms with Crippen LogP contribution in [-0.4, -0.2) is 42.2 Å². The minimum atomic E-state index is -3.26. The first kappa shape index (κ1) is 25.7. The summed E-state index contributed by atoms with van der Waals surface area (Å²) in [6.07, 6.45) is 2.68. The van der Waals surface area contributed by atoms with Crippen LogP contribution in [0.5, 0.6) is 0 Å². The van der Waals surface area contributed by atoms with E-state index >= 15 is 0 Å². The maximum atomic E-state index is 12.4. The number of hydrogen-bond acceptors (Lipinski definition) is 5. The number of nitrogens with two attached hydrogens (primary N) is 1. The zero-order valence-corrected chi connectivity index (χ0v) is 18.2. The third-order valence-corrected chi connectivity index (χ3v) is 5.26. The zero-order chi connectivity index (χ0) is 18.7. The Balaban J connectivity index is 0.00000338. The minimum absolute atomic E-state index is 0. The molecular formula is C17H28Cl2N4O3S. The van der Waals surface area contributed by atoms with Crippen LogP contribution in [0.2, 0.25) is 0 Å². The van der Waals surface area contributed by atoms with Gasteiger partial charge in [-0.3, -0.25) is 4.79 Å². The van der Waals surface area contributed by atoms with Crippen molar-refractivity contribution in [1.29, 1.82) is 0 Å². The van der Waals surface area contributed by atoms with E-state index in [1.807, 2.05) is 32.0 Å². The van der Waals surface area contributed by atoms with Gasteiger partial charge in [0.1, 0.15) is 18.1 Å². The van der Waals surface area contributed by atoms with Gasteiger partial charge in [0.2, 0.25) is 5.91 Å². The molecule has 0 atom stereocenters. The summed E-state index contributed by atoms with van der Waals surface area (Å²) in [6.45, 7) is 4.37. The smallest absolute Gasteiger partial charge is 0.240 e. The molecule has 154 valence electrons. The van der Waals surface area contributed by atoms with Gasteiger partial charge in [-0.05, 0) is 25.0 Å². The Morgan fingerprint density at radius 3 is 2.37 bits per heavy atom. The molecule has 0 fully saturated rings. The van der Waals surface area contributed by atoms with E-state index in [9.17, 15) is 13.2 Å². The van der Waals surface area contributed by atoms with Crippen molar-refractivity contribution >= 4 is 51.6 Å². The average molecular weight is 439 g/mol. The molecular weight excluding hydrogens is 411 g/mol. The van der Waals surface area contributed by atoms with Crippen molar-refractivity contribution in [3.63, 3.8) is 0 Å². The predicted molar refractivity (Wildman–Crippen MR) is 113 cm³/mol. The van der Waals surface area contributed by atoms with Gasteiger partial charge in [-0.2, -0.15) is 0 Å². The highest BCUT2D eigenvalue weighted by Gasteiger charge is 2.22. The van der Waals surface area contributed by atoms with Crippen LogP contribution >= 0.6 is 24.8 Å². The van der Waals surface area contributed by atoms with Crippen molar-refractivity contribution in [3.05, 3.63) is 30.1 Å². The summed E-state index contributed by atoms with van der Waals surface area (Å²) < 4.78 is 25.0. The fourth-order valence-corrected chi connectivity index (χ4v) is 3.31. The normalized spacial score (nSPS) is 11.6. The van der Waals surface area contributed by atoms with E-state index in [2.05, 4.69) is 10.3 Å². The van der Waals surface area contributed by atoms with E-state index < -0.39 is 15.4 Å². The van der Waals surface area contributed by atoms with E-state index in [4.69, 9.17) is 5.73 Å². The summed E-state index contributed by atoms with van der Waals surface area (Å²) in [6, 6.07) is 7.29. The summed E-state index contributed by atoms with van der Waals surface area (Å²) in [5.74, 6) is -0.0573. The van der Waals surface area contributed by atoms with Crippen LogP contribution in [0, 0.1) is 0 Å². The Bertz CT molecular complexity index is 864. The number of sulfone groups is 1. The number of rotatable bonds is 8. The third kappa shape index (κ3) is 6.95. The van der Waals surface area contributed by atoms with Crippen molar-refractivity contribution in [1.82, 2.24) is 14.9 Å². The molecule has 1 aromatic carbocycles. The molecule has 0 radical (unpaired) electrons. The van der Waals surface area contributed by atoms with Crippen LogP contribution in [0.3, 0.4) is 0 Å². The molecule has 0 aliphatic heterocycles. The lowest BCUT2D eigenvalue weighted by Crippen LogP contribution is -2.49. The van der Waals surface area contributed by atoms with Crippen LogP contribution in [0.4, 0.5) is 0 Å². The second-order valence-corrected chi connectivity index (χ2v) is 8.66. The molecule has 3 N–H and O–H groups in total. The lowest BCUT2D eigenvalue weighted by atomic mass is 9.94. The molecule has 7 nitrogen and oxygen atoms in total. The van der Waals surface area contributed by atoms with Gasteiger partial charge in [-0.25, -0.2) is 13.4 Å². The van der Waals surface area contributed by atoms with Crippen molar-refractivity contribution in [2.75, 3.05) is 12.8 Å². The third-order valence-electron chi connectivity index (χ3n) is 4.47. The molecule has 0 spiro atoms. The molecule has 2 rings (SSSR count). The van der Waals surface area contributed by atoms with Crippen LogP contribution < -0.4 is 11.1 Å². The maximum Gasteiger partial charge on any atom is 0.240 e. The van der Waals surface area contributed by atoms with Crippen LogP contribution in [0.25, 0.3) is 11.0 Å². The van der Waals surface area contributed by atoms with Crippen LogP contribution in [0.1, 0.15) is 32.5 Å². The lowest BCUT2D eigenvalue weighted by Gasteiger charge is -2.26. The van der Waals surface area contributed by atoms with Gasteiger partial charge in [0.25, 0.3) is 0 Å². The number of halogens is 2. The number of hydrogen-bond donors (Lipinski definition) is 2. The summed E-state index contributed by atoms with van der Waals surface area (Å²) in [5, 5.41) is 2.86. The van der Waals surface area contributed by atoms with Gasteiger partial charge in [-0.15, -0.1) is 24.8 Å². The fraction of sp³-hybridized carbons (Fsp3) is 0.529. The Kier molecular flexibility index (Phi) is 9.75.